The van der Waals surface area contributed by atoms with Crippen LogP contribution in [-0.2, 0) is 5.41 Å². The normalized spacial score (nSPS) is 15.5. The highest BCUT2D eigenvalue weighted by atomic mass is 16.3. The number of allylic oxidation sites excluding steroid dienone is 2. The van der Waals surface area contributed by atoms with Crippen LogP contribution in [0.2, 0.25) is 0 Å². The topological polar surface area (TPSA) is 16.4 Å². The van der Waals surface area contributed by atoms with Crippen LogP contribution in [0.1, 0.15) is 37.0 Å². The number of rotatable bonds is 6. The van der Waals surface area contributed by atoms with Gasteiger partial charge >= 0.3 is 0 Å². The number of hydrogen-bond donors (Lipinski definition) is 0. The summed E-state index contributed by atoms with van der Waals surface area (Å²) in [4.78, 5) is 2.58. The molecule has 8 aromatic carbocycles. The van der Waals surface area contributed by atoms with Crippen molar-refractivity contribution in [2.45, 2.75) is 31.7 Å². The van der Waals surface area contributed by atoms with E-state index in [1.165, 1.54) is 66.4 Å². The maximum absolute atomic E-state index is 6.36. The maximum Gasteiger partial charge on any atom is 0.135 e. The first-order valence-electron chi connectivity index (χ1n) is 20.0. The van der Waals surface area contributed by atoms with Crippen LogP contribution in [0.25, 0.3) is 71.7 Å². The van der Waals surface area contributed by atoms with E-state index in [9.17, 15) is 0 Å². The minimum atomic E-state index is -0.125. The van der Waals surface area contributed by atoms with Crippen molar-refractivity contribution >= 4 is 49.7 Å². The first-order chi connectivity index (χ1) is 28.0. The second-order valence-electron chi connectivity index (χ2n) is 16.0. The average Bonchev–Trinajstić information content (AvgIpc) is 3.75. The third-order valence-corrected chi connectivity index (χ3v) is 12.4. The molecule has 2 aliphatic rings. The van der Waals surface area contributed by atoms with Crippen LogP contribution in [0, 0.1) is 0 Å². The van der Waals surface area contributed by atoms with Gasteiger partial charge in [-0.15, -0.1) is 0 Å². The average molecular weight is 732 g/mol. The van der Waals surface area contributed by atoms with Gasteiger partial charge in [0.15, 0.2) is 0 Å². The Morgan fingerprint density at radius 3 is 2.09 bits per heavy atom. The highest BCUT2D eigenvalue weighted by molar-refractivity contribution is 6.08. The Hall–Kier alpha value is -6.90. The van der Waals surface area contributed by atoms with Crippen LogP contribution in [0.5, 0.6) is 0 Å². The number of nitrogens with zero attached hydrogens (tertiary/aromatic N) is 1. The van der Waals surface area contributed by atoms with E-state index in [0.717, 1.165) is 39.7 Å². The highest BCUT2D eigenvalue weighted by Crippen LogP contribution is 2.52. The van der Waals surface area contributed by atoms with Crippen molar-refractivity contribution in [1.29, 1.82) is 0 Å². The van der Waals surface area contributed by atoms with E-state index in [4.69, 9.17) is 4.42 Å². The largest absolute Gasteiger partial charge is 0.456 e. The number of fused-ring (bicyclic) bond motifs is 7. The summed E-state index contributed by atoms with van der Waals surface area (Å²) in [6.45, 7) is 4.75. The van der Waals surface area contributed by atoms with E-state index in [2.05, 4.69) is 207 Å². The molecule has 1 atom stereocenters. The predicted octanol–water partition coefficient (Wildman–Crippen LogP) is 14.9. The minimum Gasteiger partial charge on any atom is -0.456 e. The predicted molar refractivity (Wildman–Crippen MR) is 240 cm³/mol. The molecular formula is C55H41NO. The second-order valence-corrected chi connectivity index (χ2v) is 16.0. The Morgan fingerprint density at radius 1 is 0.526 bits per heavy atom. The molecule has 272 valence electrons. The zero-order chi connectivity index (χ0) is 38.1. The van der Waals surface area contributed by atoms with Crippen LogP contribution in [-0.4, -0.2) is 6.04 Å². The Labute approximate surface area is 333 Å². The molecule has 0 saturated heterocycles. The van der Waals surface area contributed by atoms with Gasteiger partial charge in [-0.05, 0) is 109 Å². The molecular weight excluding hydrogens is 691 g/mol. The molecule has 0 amide bonds. The smallest absolute Gasteiger partial charge is 0.135 e. The number of para-hydroxylation sites is 1. The van der Waals surface area contributed by atoms with Gasteiger partial charge in [0.1, 0.15) is 11.2 Å². The van der Waals surface area contributed by atoms with Gasteiger partial charge in [0, 0.05) is 27.6 Å². The van der Waals surface area contributed by atoms with Crippen molar-refractivity contribution in [2.24, 2.45) is 0 Å². The third-order valence-electron chi connectivity index (χ3n) is 12.4. The standard InChI is InChI=1S/C55H41NO/c1-55(2)49-29-9-6-22-43(49)47-28-15-26-42(54(47)55)38-20-12-21-39(34-38)56(40-32-33-52-48(35-40)45-24-8-11-31-51(45)57-52)50-30-10-7-23-44(50)46-27-14-19-37-18-13-25-41(53(37)46)36-16-4-3-5-17-36/h3-29,31-35,50H,30H2,1-2H3. The lowest BCUT2D eigenvalue weighted by Crippen LogP contribution is -2.33. The zero-order valence-corrected chi connectivity index (χ0v) is 32.1. The van der Waals surface area contributed by atoms with E-state index in [0.29, 0.717) is 0 Å². The molecule has 57 heavy (non-hydrogen) atoms. The summed E-state index contributed by atoms with van der Waals surface area (Å²) < 4.78 is 6.36. The Morgan fingerprint density at radius 2 is 1.19 bits per heavy atom. The lowest BCUT2D eigenvalue weighted by atomic mass is 9.79. The summed E-state index contributed by atoms with van der Waals surface area (Å²) >= 11 is 0. The Bertz CT molecular complexity index is 3080. The summed E-state index contributed by atoms with van der Waals surface area (Å²) in [5, 5.41) is 4.78. The van der Waals surface area contributed by atoms with E-state index >= 15 is 0 Å². The Kier molecular flexibility index (Phi) is 7.69. The quantitative estimate of drug-likeness (QED) is 0.169. The fraction of sp³-hybridized carbons (Fsp3) is 0.0909. The van der Waals surface area contributed by atoms with E-state index in [1.54, 1.807) is 0 Å². The fourth-order valence-electron chi connectivity index (χ4n) is 9.86. The van der Waals surface area contributed by atoms with Gasteiger partial charge in [-0.1, -0.05) is 172 Å². The van der Waals surface area contributed by atoms with E-state index in [-0.39, 0.29) is 11.5 Å². The first kappa shape index (κ1) is 33.4. The summed E-state index contributed by atoms with van der Waals surface area (Å²) in [6, 6.07) is 64.4. The molecule has 0 saturated carbocycles. The molecule has 1 heterocycles. The van der Waals surface area contributed by atoms with Gasteiger partial charge in [0.05, 0.1) is 6.04 Å². The van der Waals surface area contributed by atoms with E-state index in [1.807, 2.05) is 6.07 Å². The summed E-state index contributed by atoms with van der Waals surface area (Å²) in [5.41, 5.74) is 17.0. The third kappa shape index (κ3) is 5.32. The second kappa shape index (κ2) is 13.1. The molecule has 0 N–H and O–H groups in total. The first-order valence-corrected chi connectivity index (χ1v) is 20.0. The number of furan rings is 1. The molecule has 1 unspecified atom stereocenters. The molecule has 11 rings (SSSR count). The van der Waals surface area contributed by atoms with Gasteiger partial charge in [0.25, 0.3) is 0 Å². The fourth-order valence-corrected chi connectivity index (χ4v) is 9.86. The van der Waals surface area contributed by atoms with Gasteiger partial charge in [0.2, 0.25) is 0 Å². The molecule has 0 spiro atoms. The maximum atomic E-state index is 6.36. The minimum absolute atomic E-state index is 0.0116. The highest BCUT2D eigenvalue weighted by Gasteiger charge is 2.37. The van der Waals surface area contributed by atoms with Crippen LogP contribution in [0.15, 0.2) is 199 Å². The van der Waals surface area contributed by atoms with Crippen molar-refractivity contribution in [1.82, 2.24) is 0 Å². The molecule has 0 bridgehead atoms. The molecule has 0 aliphatic heterocycles. The SMILES string of the molecule is CC1(C)c2ccccc2-c2cccc(-c3cccc(N(c4ccc5oc6ccccc6c5c4)C4CC=CC=C4c4cccc5cccc(-c6ccccc6)c45)c3)c21. The van der Waals surface area contributed by atoms with Crippen molar-refractivity contribution < 1.29 is 4.42 Å². The summed E-state index contributed by atoms with van der Waals surface area (Å²) in [7, 11) is 0. The van der Waals surface area contributed by atoms with E-state index < -0.39 is 0 Å². The van der Waals surface area contributed by atoms with Crippen LogP contribution in [0.4, 0.5) is 11.4 Å². The molecule has 0 radical (unpaired) electrons. The molecule has 2 nitrogen and oxygen atoms in total. The molecule has 0 fully saturated rings. The van der Waals surface area contributed by atoms with Crippen molar-refractivity contribution in [3.8, 4) is 33.4 Å². The van der Waals surface area contributed by atoms with Gasteiger partial charge in [-0.3, -0.25) is 0 Å². The number of hydrogen-bond acceptors (Lipinski definition) is 2. The monoisotopic (exact) mass is 731 g/mol. The number of benzene rings is 8. The van der Waals surface area contributed by atoms with Crippen molar-refractivity contribution in [2.75, 3.05) is 4.90 Å². The lowest BCUT2D eigenvalue weighted by molar-refractivity contribution is 0.662. The molecule has 2 aliphatic carbocycles. The van der Waals surface area contributed by atoms with Crippen molar-refractivity contribution in [3.63, 3.8) is 0 Å². The van der Waals surface area contributed by atoms with Gasteiger partial charge in [-0.2, -0.15) is 0 Å². The van der Waals surface area contributed by atoms with Crippen molar-refractivity contribution in [3.05, 3.63) is 211 Å². The summed E-state index contributed by atoms with van der Waals surface area (Å²) in [6.07, 6.45) is 7.76. The zero-order valence-electron chi connectivity index (χ0n) is 32.1. The van der Waals surface area contributed by atoms with Gasteiger partial charge in [-0.25, -0.2) is 0 Å². The van der Waals surface area contributed by atoms with Crippen LogP contribution >= 0.6 is 0 Å². The molecule has 2 heteroatoms. The van der Waals surface area contributed by atoms with Crippen LogP contribution in [0.3, 0.4) is 0 Å². The number of anilines is 2. The summed E-state index contributed by atoms with van der Waals surface area (Å²) in [5.74, 6) is 0. The van der Waals surface area contributed by atoms with Gasteiger partial charge < -0.3 is 9.32 Å². The lowest BCUT2D eigenvalue weighted by Gasteiger charge is -2.37. The molecule has 1 aromatic heterocycles. The van der Waals surface area contributed by atoms with Crippen LogP contribution < -0.4 is 4.90 Å². The molecule has 9 aromatic rings. The Balaban J connectivity index is 1.12.